The number of hydrogen-bond donors (Lipinski definition) is 0. The Morgan fingerprint density at radius 2 is 1.64 bits per heavy atom. The van der Waals surface area contributed by atoms with Gasteiger partial charge >= 0.3 is 0 Å². The molecule has 2 nitrogen and oxygen atoms in total. The summed E-state index contributed by atoms with van der Waals surface area (Å²) < 4.78 is 0. The van der Waals surface area contributed by atoms with E-state index >= 15 is 0 Å². The first-order chi connectivity index (χ1) is 6.75. The van der Waals surface area contributed by atoms with Crippen LogP contribution in [0.25, 0.3) is 11.3 Å². The van der Waals surface area contributed by atoms with E-state index in [2.05, 4.69) is 10.2 Å². The van der Waals surface area contributed by atoms with E-state index in [4.69, 9.17) is 11.6 Å². The average Bonchev–Trinajstić information content (AvgIpc) is 2.21. The van der Waals surface area contributed by atoms with Crippen molar-refractivity contribution in [1.29, 1.82) is 0 Å². The minimum Gasteiger partial charge on any atom is -0.155 e. The molecular formula is C11H9ClN2. The summed E-state index contributed by atoms with van der Waals surface area (Å²) in [6.45, 7) is 1.92. The van der Waals surface area contributed by atoms with Gasteiger partial charge in [0, 0.05) is 10.6 Å². The Morgan fingerprint density at radius 1 is 0.929 bits per heavy atom. The fraction of sp³-hybridized carbons (Fsp3) is 0.0909. The highest BCUT2D eigenvalue weighted by Gasteiger charge is 1.98. The summed E-state index contributed by atoms with van der Waals surface area (Å²) in [5.41, 5.74) is 2.82. The smallest absolute Gasteiger partial charge is 0.0929 e. The van der Waals surface area contributed by atoms with Crippen LogP contribution in [0.5, 0.6) is 0 Å². The zero-order valence-electron chi connectivity index (χ0n) is 7.74. The van der Waals surface area contributed by atoms with Gasteiger partial charge in [-0.1, -0.05) is 23.7 Å². The lowest BCUT2D eigenvalue weighted by molar-refractivity contribution is 0.987. The monoisotopic (exact) mass is 204 g/mol. The molecule has 2 aromatic rings. The second-order valence-corrected chi connectivity index (χ2v) is 3.50. The van der Waals surface area contributed by atoms with Gasteiger partial charge < -0.3 is 0 Å². The van der Waals surface area contributed by atoms with Gasteiger partial charge in [-0.05, 0) is 31.2 Å². The van der Waals surface area contributed by atoms with Crippen molar-refractivity contribution in [2.75, 3.05) is 0 Å². The molecule has 0 spiro atoms. The van der Waals surface area contributed by atoms with Crippen LogP contribution in [0.4, 0.5) is 0 Å². The first kappa shape index (κ1) is 9.16. The summed E-state index contributed by atoms with van der Waals surface area (Å²) in [5.74, 6) is 0. The molecule has 0 unspecified atom stereocenters. The van der Waals surface area contributed by atoms with Crippen molar-refractivity contribution >= 4 is 11.6 Å². The average molecular weight is 205 g/mol. The molecule has 1 heterocycles. The Bertz CT molecular complexity index is 377. The second-order valence-electron chi connectivity index (χ2n) is 3.07. The number of rotatable bonds is 1. The summed E-state index contributed by atoms with van der Waals surface area (Å²) in [7, 11) is 0. The van der Waals surface area contributed by atoms with Gasteiger partial charge in [0.1, 0.15) is 0 Å². The lowest BCUT2D eigenvalue weighted by Crippen LogP contribution is -1.88. The molecule has 0 atom stereocenters. The quantitative estimate of drug-likeness (QED) is 0.714. The molecule has 14 heavy (non-hydrogen) atoms. The third-order valence-corrected chi connectivity index (χ3v) is 2.19. The highest BCUT2D eigenvalue weighted by Crippen LogP contribution is 2.18. The zero-order valence-corrected chi connectivity index (χ0v) is 8.49. The van der Waals surface area contributed by atoms with Gasteiger partial charge in [0.15, 0.2) is 0 Å². The number of halogens is 1. The maximum atomic E-state index is 5.79. The molecule has 2 rings (SSSR count). The summed E-state index contributed by atoms with van der Waals surface area (Å²) in [6, 6.07) is 11.4. The number of aromatic nitrogens is 2. The maximum Gasteiger partial charge on any atom is 0.0929 e. The zero-order chi connectivity index (χ0) is 9.97. The molecule has 70 valence electrons. The number of aryl methyl sites for hydroxylation is 1. The summed E-state index contributed by atoms with van der Waals surface area (Å²) >= 11 is 5.79. The maximum absolute atomic E-state index is 5.79. The number of benzene rings is 1. The predicted octanol–water partition coefficient (Wildman–Crippen LogP) is 3.11. The van der Waals surface area contributed by atoms with Gasteiger partial charge in [-0.25, -0.2) is 0 Å². The first-order valence-electron chi connectivity index (χ1n) is 4.32. The van der Waals surface area contributed by atoms with Crippen LogP contribution in [0.1, 0.15) is 5.69 Å². The van der Waals surface area contributed by atoms with Crippen LogP contribution in [0.3, 0.4) is 0 Å². The van der Waals surface area contributed by atoms with Crippen molar-refractivity contribution < 1.29 is 0 Å². The number of nitrogens with zero attached hydrogens (tertiary/aromatic N) is 2. The van der Waals surface area contributed by atoms with E-state index in [0.717, 1.165) is 22.0 Å². The van der Waals surface area contributed by atoms with E-state index in [1.54, 1.807) is 0 Å². The van der Waals surface area contributed by atoms with Crippen LogP contribution >= 0.6 is 11.6 Å². The normalized spacial score (nSPS) is 10.1. The Balaban J connectivity index is 2.40. The van der Waals surface area contributed by atoms with Crippen molar-refractivity contribution in [1.82, 2.24) is 10.2 Å². The van der Waals surface area contributed by atoms with E-state index in [0.29, 0.717) is 0 Å². The highest BCUT2D eigenvalue weighted by atomic mass is 35.5. The molecule has 3 heteroatoms. The molecule has 1 aromatic heterocycles. The molecule has 0 fully saturated rings. The molecule has 0 radical (unpaired) electrons. The van der Waals surface area contributed by atoms with E-state index in [-0.39, 0.29) is 0 Å². The fourth-order valence-corrected chi connectivity index (χ4v) is 1.30. The van der Waals surface area contributed by atoms with Crippen molar-refractivity contribution in [2.45, 2.75) is 6.92 Å². The largest absolute Gasteiger partial charge is 0.155 e. The van der Waals surface area contributed by atoms with Crippen LogP contribution in [-0.2, 0) is 0 Å². The van der Waals surface area contributed by atoms with Crippen LogP contribution < -0.4 is 0 Å². The van der Waals surface area contributed by atoms with Crippen LogP contribution in [0.2, 0.25) is 5.02 Å². The Hall–Kier alpha value is -1.41. The summed E-state index contributed by atoms with van der Waals surface area (Å²) in [6.07, 6.45) is 0. The van der Waals surface area contributed by atoms with Gasteiger partial charge in [-0.3, -0.25) is 0 Å². The molecule has 0 amide bonds. The van der Waals surface area contributed by atoms with Crippen molar-refractivity contribution in [2.24, 2.45) is 0 Å². The van der Waals surface area contributed by atoms with E-state index in [9.17, 15) is 0 Å². The van der Waals surface area contributed by atoms with Gasteiger partial charge in [0.05, 0.1) is 11.4 Å². The lowest BCUT2D eigenvalue weighted by Gasteiger charge is -1.99. The number of hydrogen-bond acceptors (Lipinski definition) is 2. The highest BCUT2D eigenvalue weighted by molar-refractivity contribution is 6.30. The van der Waals surface area contributed by atoms with E-state index < -0.39 is 0 Å². The third-order valence-electron chi connectivity index (χ3n) is 1.94. The Morgan fingerprint density at radius 3 is 2.21 bits per heavy atom. The van der Waals surface area contributed by atoms with Crippen LogP contribution in [-0.4, -0.2) is 10.2 Å². The fourth-order valence-electron chi connectivity index (χ4n) is 1.17. The minimum absolute atomic E-state index is 0.730. The van der Waals surface area contributed by atoms with Crippen LogP contribution in [0.15, 0.2) is 36.4 Å². The SMILES string of the molecule is Cc1ccc(-c2ccc(Cl)cc2)nn1. The molecule has 0 aliphatic rings. The third kappa shape index (κ3) is 1.91. The molecular weight excluding hydrogens is 196 g/mol. The van der Waals surface area contributed by atoms with Gasteiger partial charge in [-0.15, -0.1) is 0 Å². The standard InChI is InChI=1S/C11H9ClN2/c1-8-2-7-11(14-13-8)9-3-5-10(12)6-4-9/h2-7H,1H3. The molecule has 1 aromatic carbocycles. The molecule has 0 saturated heterocycles. The van der Waals surface area contributed by atoms with E-state index in [1.807, 2.05) is 43.3 Å². The Labute approximate surface area is 87.6 Å². The summed E-state index contributed by atoms with van der Waals surface area (Å²) in [4.78, 5) is 0. The van der Waals surface area contributed by atoms with Crippen molar-refractivity contribution in [3.63, 3.8) is 0 Å². The summed E-state index contributed by atoms with van der Waals surface area (Å²) in [5, 5.41) is 8.81. The molecule has 0 saturated carbocycles. The molecule has 0 N–H and O–H groups in total. The lowest BCUT2D eigenvalue weighted by atomic mass is 10.1. The Kier molecular flexibility index (Phi) is 2.46. The van der Waals surface area contributed by atoms with Crippen LogP contribution in [0, 0.1) is 6.92 Å². The second kappa shape index (κ2) is 3.76. The van der Waals surface area contributed by atoms with E-state index in [1.165, 1.54) is 0 Å². The van der Waals surface area contributed by atoms with Gasteiger partial charge in [0.25, 0.3) is 0 Å². The minimum atomic E-state index is 0.730. The first-order valence-corrected chi connectivity index (χ1v) is 4.70. The van der Waals surface area contributed by atoms with Gasteiger partial charge in [0.2, 0.25) is 0 Å². The van der Waals surface area contributed by atoms with Crippen molar-refractivity contribution in [3.8, 4) is 11.3 Å². The van der Waals surface area contributed by atoms with Gasteiger partial charge in [-0.2, -0.15) is 10.2 Å². The van der Waals surface area contributed by atoms with Crippen molar-refractivity contribution in [3.05, 3.63) is 47.1 Å². The molecule has 0 aliphatic carbocycles. The topological polar surface area (TPSA) is 25.8 Å². The molecule has 0 aliphatic heterocycles. The molecule has 0 bridgehead atoms. The predicted molar refractivity (Wildman–Crippen MR) is 57.2 cm³/mol.